The molecule has 1 aliphatic heterocycles. The summed E-state index contributed by atoms with van der Waals surface area (Å²) in [5.74, 6) is 1.01. The number of oxime groups is 1. The number of anilines is 1. The molecule has 0 saturated carbocycles. The highest BCUT2D eigenvalue weighted by Crippen LogP contribution is 2.30. The molecule has 9 heteroatoms. The average molecular weight is 380 g/mol. The number of nitrogens with one attached hydrogen (secondary N) is 3. The van der Waals surface area contributed by atoms with Crippen LogP contribution in [0.5, 0.6) is 5.75 Å². The molecule has 0 aliphatic carbocycles. The van der Waals surface area contributed by atoms with Gasteiger partial charge in [-0.05, 0) is 44.2 Å². The van der Waals surface area contributed by atoms with Crippen molar-refractivity contribution in [3.05, 3.63) is 36.5 Å². The number of fused-ring (bicyclic) bond motifs is 1. The molecule has 3 N–H and O–H groups in total. The number of hydrogen-bond donors (Lipinski definition) is 3. The fourth-order valence-electron chi connectivity index (χ4n) is 2.92. The molecule has 9 nitrogen and oxygen atoms in total. The van der Waals surface area contributed by atoms with Crippen LogP contribution in [-0.2, 0) is 9.73 Å². The molecule has 0 unspecified atom stereocenters. The molecule has 1 amide bonds. The van der Waals surface area contributed by atoms with E-state index in [9.17, 15) is 4.79 Å². The van der Waals surface area contributed by atoms with Crippen molar-refractivity contribution in [1.29, 1.82) is 0 Å². The lowest BCUT2D eigenvalue weighted by Crippen LogP contribution is -2.20. The number of nitrogens with zero attached hydrogens (tertiary/aromatic N) is 3. The maximum atomic E-state index is 12.2. The van der Waals surface area contributed by atoms with E-state index in [0.717, 1.165) is 27.9 Å². The summed E-state index contributed by atoms with van der Waals surface area (Å²) in [7, 11) is 0. The van der Waals surface area contributed by atoms with E-state index in [1.807, 2.05) is 38.1 Å². The largest absolute Gasteiger partial charge is 0.491 e. The van der Waals surface area contributed by atoms with E-state index < -0.39 is 0 Å². The van der Waals surface area contributed by atoms with E-state index in [-0.39, 0.29) is 18.4 Å². The number of carbonyl (C=O) groups excluding carboxylic acids is 1. The number of aromatic nitrogens is 3. The molecule has 0 spiro atoms. The van der Waals surface area contributed by atoms with E-state index in [1.54, 1.807) is 12.3 Å². The zero-order valence-corrected chi connectivity index (χ0v) is 15.5. The maximum absolute atomic E-state index is 12.2. The maximum Gasteiger partial charge on any atom is 0.231 e. The first-order chi connectivity index (χ1) is 13.6. The van der Waals surface area contributed by atoms with Crippen LogP contribution >= 0.6 is 0 Å². The van der Waals surface area contributed by atoms with Crippen LogP contribution in [0, 0.1) is 0 Å². The van der Waals surface area contributed by atoms with Crippen molar-refractivity contribution < 1.29 is 14.5 Å². The van der Waals surface area contributed by atoms with Gasteiger partial charge in [0.2, 0.25) is 5.91 Å². The molecule has 0 bridgehead atoms. The van der Waals surface area contributed by atoms with Crippen molar-refractivity contribution in [2.45, 2.75) is 26.4 Å². The average Bonchev–Trinajstić information content (AvgIpc) is 3.30. The number of ether oxygens (including phenoxy) is 1. The standard InChI is InChI=1S/C19H20N6O3/c1-11(2)27-14-3-4-16-15(9-14)19(24-23-16)12-5-6-20-17(7-12)22-18(26)8-13-10-21-28-25-13/h3-7,9,11,21H,8,10H2,1-2H3,(H,23,24)(H,20,22,26). The van der Waals surface area contributed by atoms with Gasteiger partial charge in [-0.2, -0.15) is 5.10 Å². The molecule has 28 heavy (non-hydrogen) atoms. The third-order valence-corrected chi connectivity index (χ3v) is 4.09. The Morgan fingerprint density at radius 1 is 1.32 bits per heavy atom. The second-order valence-corrected chi connectivity index (χ2v) is 6.67. The molecule has 1 aromatic carbocycles. The predicted molar refractivity (Wildman–Crippen MR) is 105 cm³/mol. The van der Waals surface area contributed by atoms with Gasteiger partial charge in [-0.3, -0.25) is 14.8 Å². The second-order valence-electron chi connectivity index (χ2n) is 6.67. The topological polar surface area (TPSA) is 114 Å². The zero-order chi connectivity index (χ0) is 19.5. The third-order valence-electron chi connectivity index (χ3n) is 4.09. The number of rotatable bonds is 6. The number of carbonyl (C=O) groups is 1. The fraction of sp³-hybridized carbons (Fsp3) is 0.263. The van der Waals surface area contributed by atoms with Gasteiger partial charge in [0.1, 0.15) is 17.3 Å². The number of benzene rings is 1. The van der Waals surface area contributed by atoms with Gasteiger partial charge in [0.05, 0.1) is 30.3 Å². The number of aromatic amines is 1. The molecule has 1 aliphatic rings. The number of H-pyrrole nitrogens is 1. The van der Waals surface area contributed by atoms with Crippen LogP contribution in [0.1, 0.15) is 20.3 Å². The lowest BCUT2D eigenvalue weighted by atomic mass is 10.1. The minimum absolute atomic E-state index is 0.0839. The number of pyridine rings is 1. The predicted octanol–water partition coefficient (Wildman–Crippen LogP) is 2.63. The molecule has 144 valence electrons. The normalized spacial score (nSPS) is 13.5. The Balaban J connectivity index is 1.57. The molecule has 0 saturated heterocycles. The minimum atomic E-state index is -0.213. The molecule has 3 aromatic rings. The first-order valence-corrected chi connectivity index (χ1v) is 8.94. The molecule has 0 atom stereocenters. The Labute approximate surface area is 161 Å². The Morgan fingerprint density at radius 2 is 2.21 bits per heavy atom. The fourth-order valence-corrected chi connectivity index (χ4v) is 2.92. The van der Waals surface area contributed by atoms with E-state index in [4.69, 9.17) is 4.74 Å². The highest BCUT2D eigenvalue weighted by molar-refractivity contribution is 6.07. The Hall–Kier alpha value is -3.46. The summed E-state index contributed by atoms with van der Waals surface area (Å²) in [4.78, 5) is 21.1. The summed E-state index contributed by atoms with van der Waals surface area (Å²) >= 11 is 0. The summed E-state index contributed by atoms with van der Waals surface area (Å²) in [6, 6.07) is 9.44. The summed E-state index contributed by atoms with van der Waals surface area (Å²) in [6.07, 6.45) is 1.86. The van der Waals surface area contributed by atoms with Crippen LogP contribution in [0.4, 0.5) is 5.82 Å². The van der Waals surface area contributed by atoms with Crippen LogP contribution in [-0.4, -0.2) is 39.4 Å². The highest BCUT2D eigenvalue weighted by atomic mass is 16.8. The van der Waals surface area contributed by atoms with Crippen molar-refractivity contribution in [2.24, 2.45) is 5.16 Å². The van der Waals surface area contributed by atoms with Crippen molar-refractivity contribution >= 4 is 28.3 Å². The zero-order valence-electron chi connectivity index (χ0n) is 15.5. The SMILES string of the molecule is CC(C)Oc1ccc2[nH]nc(-c3ccnc(NC(=O)CC4=NONC4)c3)c2c1. The van der Waals surface area contributed by atoms with Gasteiger partial charge in [-0.25, -0.2) is 4.98 Å². The van der Waals surface area contributed by atoms with E-state index in [0.29, 0.717) is 18.1 Å². The quantitative estimate of drug-likeness (QED) is 0.606. The smallest absolute Gasteiger partial charge is 0.231 e. The number of hydrogen-bond acceptors (Lipinski definition) is 7. The van der Waals surface area contributed by atoms with Crippen LogP contribution in [0.25, 0.3) is 22.2 Å². The Morgan fingerprint density at radius 3 is 3.00 bits per heavy atom. The van der Waals surface area contributed by atoms with E-state index >= 15 is 0 Å². The van der Waals surface area contributed by atoms with E-state index in [2.05, 4.69) is 36.1 Å². The third kappa shape index (κ3) is 3.94. The van der Waals surface area contributed by atoms with Gasteiger partial charge in [0.15, 0.2) is 0 Å². The Kier molecular flexibility index (Phi) is 4.90. The first-order valence-electron chi connectivity index (χ1n) is 8.94. The number of amides is 1. The van der Waals surface area contributed by atoms with Crippen LogP contribution in [0.15, 0.2) is 41.7 Å². The second kappa shape index (κ2) is 7.65. The summed E-state index contributed by atoms with van der Waals surface area (Å²) in [5, 5.41) is 14.9. The molecular formula is C19H20N6O3. The van der Waals surface area contributed by atoms with Gasteiger partial charge in [0.25, 0.3) is 0 Å². The van der Waals surface area contributed by atoms with Gasteiger partial charge < -0.3 is 10.1 Å². The molecular weight excluding hydrogens is 360 g/mol. The molecule has 0 fully saturated rings. The molecule has 2 aromatic heterocycles. The summed E-state index contributed by atoms with van der Waals surface area (Å²) in [5.41, 5.74) is 5.71. The van der Waals surface area contributed by atoms with Crippen molar-refractivity contribution in [1.82, 2.24) is 20.7 Å². The van der Waals surface area contributed by atoms with Crippen LogP contribution in [0.3, 0.4) is 0 Å². The van der Waals surface area contributed by atoms with Crippen molar-refractivity contribution in [3.63, 3.8) is 0 Å². The summed E-state index contributed by atoms with van der Waals surface area (Å²) in [6.45, 7) is 4.40. The summed E-state index contributed by atoms with van der Waals surface area (Å²) < 4.78 is 5.78. The van der Waals surface area contributed by atoms with Gasteiger partial charge in [-0.1, -0.05) is 5.16 Å². The first kappa shape index (κ1) is 17.9. The van der Waals surface area contributed by atoms with Crippen LogP contribution < -0.4 is 15.5 Å². The molecule has 4 rings (SSSR count). The van der Waals surface area contributed by atoms with Crippen molar-refractivity contribution in [2.75, 3.05) is 11.9 Å². The molecule has 0 radical (unpaired) electrons. The Bertz CT molecular complexity index is 1040. The molecule has 3 heterocycles. The minimum Gasteiger partial charge on any atom is -0.491 e. The number of hydroxylamine groups is 1. The van der Waals surface area contributed by atoms with Crippen molar-refractivity contribution in [3.8, 4) is 17.0 Å². The van der Waals surface area contributed by atoms with E-state index in [1.165, 1.54) is 0 Å². The monoisotopic (exact) mass is 380 g/mol. The highest BCUT2D eigenvalue weighted by Gasteiger charge is 2.15. The van der Waals surface area contributed by atoms with Crippen LogP contribution in [0.2, 0.25) is 0 Å². The van der Waals surface area contributed by atoms with Gasteiger partial charge in [0, 0.05) is 17.1 Å². The van der Waals surface area contributed by atoms with Gasteiger partial charge >= 0.3 is 0 Å². The lowest BCUT2D eigenvalue weighted by Gasteiger charge is -2.09. The van der Waals surface area contributed by atoms with Gasteiger partial charge in [-0.15, -0.1) is 5.48 Å². The lowest BCUT2D eigenvalue weighted by molar-refractivity contribution is -0.115.